The van der Waals surface area contributed by atoms with E-state index >= 15 is 4.39 Å². The van der Waals surface area contributed by atoms with E-state index in [1.165, 1.54) is 18.2 Å². The maximum absolute atomic E-state index is 15.2. The number of aromatic nitrogens is 2. The summed E-state index contributed by atoms with van der Waals surface area (Å²) in [5.41, 5.74) is 0.458. The number of nitrogens with zero attached hydrogens (tertiary/aromatic N) is 5. The number of piperazine rings is 1. The Bertz CT molecular complexity index is 1650. The first-order chi connectivity index (χ1) is 20.6. The summed E-state index contributed by atoms with van der Waals surface area (Å²) in [5.74, 6) is -0.475. The number of benzene rings is 2. The van der Waals surface area contributed by atoms with E-state index in [-0.39, 0.29) is 52.5 Å². The fourth-order valence-electron chi connectivity index (χ4n) is 6.92. The zero-order valence-corrected chi connectivity index (χ0v) is 25.4. The molecule has 3 aliphatic rings. The van der Waals surface area contributed by atoms with Crippen molar-refractivity contribution in [2.24, 2.45) is 5.92 Å². The molecular weight excluding hydrogens is 576 g/mol. The predicted octanol–water partition coefficient (Wildman–Crippen LogP) is 5.27. The van der Waals surface area contributed by atoms with Gasteiger partial charge in [-0.3, -0.25) is 9.36 Å². The quantitative estimate of drug-likeness (QED) is 0.366. The predicted molar refractivity (Wildman–Crippen MR) is 164 cm³/mol. The number of anilines is 1. The number of rotatable bonds is 5. The average Bonchev–Trinajstić information content (AvgIpc) is 2.97. The van der Waals surface area contributed by atoms with Gasteiger partial charge in [-0.25, -0.2) is 13.6 Å². The van der Waals surface area contributed by atoms with Crippen LogP contribution < -0.4 is 15.3 Å². The van der Waals surface area contributed by atoms with Gasteiger partial charge >= 0.3 is 5.69 Å². The monoisotopic (exact) mass is 611 g/mol. The first kappa shape index (κ1) is 29.6. The molecule has 0 radical (unpaired) electrons. The standard InChI is InChI=1S/C32H36ClF2N5O3/c1-5-27(41)38-15-19(3)39(16-18(38)2)31-24-14-25(33)28(23-7-6-21(34)13-26(23)35)30-29(24)40(32(42)36-31)22(17-43-30)12-20-8-10-37(4)11-9-20/h5-7,13-14,18-20,22H,1,8-12,15-17H2,2-4H3/t18-,19+,22-/m1/s1. The molecule has 11 heteroatoms. The lowest BCUT2D eigenvalue weighted by atomic mass is 9.89. The fraction of sp³-hybridized carbons (Fsp3) is 0.469. The summed E-state index contributed by atoms with van der Waals surface area (Å²) in [6, 6.07) is 4.44. The SMILES string of the molecule is C=CC(=O)N1C[C@H](C)N(c2nc(=O)n3c4c(c(-c5ccc(F)cc5F)c(Cl)cc24)OC[C@H]3CC2CCN(C)CC2)C[C@H]1C. The first-order valence-corrected chi connectivity index (χ1v) is 15.2. The van der Waals surface area contributed by atoms with Crippen LogP contribution >= 0.6 is 11.6 Å². The third-order valence-electron chi connectivity index (χ3n) is 9.24. The lowest BCUT2D eigenvalue weighted by Gasteiger charge is -2.45. The molecule has 0 spiro atoms. The maximum atomic E-state index is 15.2. The highest BCUT2D eigenvalue weighted by Gasteiger charge is 2.37. The highest BCUT2D eigenvalue weighted by molar-refractivity contribution is 6.35. The topological polar surface area (TPSA) is 70.9 Å². The Morgan fingerprint density at radius 1 is 1.16 bits per heavy atom. The van der Waals surface area contributed by atoms with Crippen LogP contribution in [0.2, 0.25) is 5.02 Å². The molecule has 3 atom stereocenters. The third-order valence-corrected chi connectivity index (χ3v) is 9.54. The van der Waals surface area contributed by atoms with Crippen LogP contribution in [0.15, 0.2) is 41.7 Å². The second-order valence-electron chi connectivity index (χ2n) is 12.2. The van der Waals surface area contributed by atoms with Crippen molar-refractivity contribution < 1.29 is 18.3 Å². The van der Waals surface area contributed by atoms with Crippen molar-refractivity contribution in [1.29, 1.82) is 0 Å². The molecule has 0 unspecified atom stereocenters. The van der Waals surface area contributed by atoms with E-state index in [4.69, 9.17) is 16.3 Å². The number of hydrogen-bond acceptors (Lipinski definition) is 6. The number of likely N-dealkylation sites (tertiary alicyclic amines) is 1. The van der Waals surface area contributed by atoms with Gasteiger partial charge in [0.15, 0.2) is 5.75 Å². The summed E-state index contributed by atoms with van der Waals surface area (Å²) < 4.78 is 37.1. The molecule has 0 saturated carbocycles. The van der Waals surface area contributed by atoms with Gasteiger partial charge in [0.25, 0.3) is 0 Å². The largest absolute Gasteiger partial charge is 0.488 e. The van der Waals surface area contributed by atoms with Gasteiger partial charge in [0, 0.05) is 47.8 Å². The van der Waals surface area contributed by atoms with E-state index in [1.54, 1.807) is 15.5 Å². The molecule has 0 bridgehead atoms. The number of hydrogen-bond donors (Lipinski definition) is 0. The van der Waals surface area contributed by atoms with Gasteiger partial charge < -0.3 is 19.4 Å². The van der Waals surface area contributed by atoms with Gasteiger partial charge in [-0.05, 0) is 83.4 Å². The maximum Gasteiger partial charge on any atom is 0.350 e. The third kappa shape index (κ3) is 5.29. The summed E-state index contributed by atoms with van der Waals surface area (Å²) in [6.45, 7) is 10.6. The zero-order valence-electron chi connectivity index (χ0n) is 24.7. The Balaban J connectivity index is 1.53. The molecule has 3 aliphatic heterocycles. The summed E-state index contributed by atoms with van der Waals surface area (Å²) in [6.07, 6.45) is 4.11. The van der Waals surface area contributed by atoms with Gasteiger partial charge in [-0.1, -0.05) is 18.2 Å². The van der Waals surface area contributed by atoms with Crippen LogP contribution in [-0.2, 0) is 4.79 Å². The molecule has 0 aliphatic carbocycles. The van der Waals surface area contributed by atoms with Crippen LogP contribution in [0, 0.1) is 17.6 Å². The molecule has 228 valence electrons. The van der Waals surface area contributed by atoms with Crippen molar-refractivity contribution in [3.8, 4) is 16.9 Å². The van der Waals surface area contributed by atoms with Crippen molar-refractivity contribution >= 4 is 34.2 Å². The Morgan fingerprint density at radius 2 is 1.91 bits per heavy atom. The molecule has 43 heavy (non-hydrogen) atoms. The molecule has 2 fully saturated rings. The molecule has 1 aromatic heterocycles. The summed E-state index contributed by atoms with van der Waals surface area (Å²) >= 11 is 6.87. The molecule has 2 saturated heterocycles. The van der Waals surface area contributed by atoms with Crippen LogP contribution in [0.25, 0.3) is 22.0 Å². The molecular formula is C32H36ClF2N5O3. The van der Waals surface area contributed by atoms with E-state index in [2.05, 4.69) is 23.5 Å². The molecule has 3 aromatic rings. The Kier molecular flexibility index (Phi) is 7.93. The van der Waals surface area contributed by atoms with Crippen molar-refractivity contribution in [2.45, 2.75) is 51.2 Å². The highest BCUT2D eigenvalue weighted by Crippen LogP contribution is 2.48. The Morgan fingerprint density at radius 3 is 2.60 bits per heavy atom. The minimum atomic E-state index is -0.775. The second-order valence-corrected chi connectivity index (χ2v) is 12.6. The van der Waals surface area contributed by atoms with Crippen LogP contribution in [0.4, 0.5) is 14.6 Å². The fourth-order valence-corrected chi connectivity index (χ4v) is 7.22. The minimum Gasteiger partial charge on any atom is -0.488 e. The van der Waals surface area contributed by atoms with Crippen LogP contribution in [0.5, 0.6) is 5.75 Å². The number of carbonyl (C=O) groups excluding carboxylic acids is 1. The van der Waals surface area contributed by atoms with Crippen molar-refractivity contribution in [3.63, 3.8) is 0 Å². The number of ether oxygens (including phenoxy) is 1. The van der Waals surface area contributed by atoms with E-state index < -0.39 is 17.3 Å². The van der Waals surface area contributed by atoms with Crippen LogP contribution in [0.3, 0.4) is 0 Å². The van der Waals surface area contributed by atoms with Gasteiger partial charge in [0.1, 0.15) is 24.1 Å². The lowest BCUT2D eigenvalue weighted by molar-refractivity contribution is -0.128. The molecule has 0 N–H and O–H groups in total. The molecule has 8 nitrogen and oxygen atoms in total. The van der Waals surface area contributed by atoms with E-state index in [0.29, 0.717) is 35.7 Å². The summed E-state index contributed by atoms with van der Waals surface area (Å²) in [4.78, 5) is 37.2. The van der Waals surface area contributed by atoms with Crippen molar-refractivity contribution in [2.75, 3.05) is 44.7 Å². The van der Waals surface area contributed by atoms with Gasteiger partial charge in [-0.2, -0.15) is 4.98 Å². The number of amides is 1. The van der Waals surface area contributed by atoms with Crippen molar-refractivity contribution in [3.05, 3.63) is 64.1 Å². The second kappa shape index (κ2) is 11.5. The Labute approximate surface area is 254 Å². The summed E-state index contributed by atoms with van der Waals surface area (Å²) in [7, 11) is 2.11. The Hall–Kier alpha value is -3.50. The molecule has 2 aromatic carbocycles. The van der Waals surface area contributed by atoms with Gasteiger partial charge in [0.2, 0.25) is 5.91 Å². The normalized spacial score (nSPS) is 23.0. The average molecular weight is 612 g/mol. The molecule has 4 heterocycles. The van der Waals surface area contributed by atoms with E-state index in [0.717, 1.165) is 38.4 Å². The summed E-state index contributed by atoms with van der Waals surface area (Å²) in [5, 5.41) is 0.817. The highest BCUT2D eigenvalue weighted by atomic mass is 35.5. The van der Waals surface area contributed by atoms with E-state index in [9.17, 15) is 14.0 Å². The van der Waals surface area contributed by atoms with Gasteiger partial charge in [-0.15, -0.1) is 0 Å². The van der Waals surface area contributed by atoms with Crippen LogP contribution in [0.1, 0.15) is 39.2 Å². The number of piperidine rings is 1. The van der Waals surface area contributed by atoms with Gasteiger partial charge in [0.05, 0.1) is 16.6 Å². The first-order valence-electron chi connectivity index (χ1n) is 14.8. The lowest BCUT2D eigenvalue weighted by Crippen LogP contribution is -2.58. The number of halogens is 3. The zero-order chi connectivity index (χ0) is 30.6. The molecule has 1 amide bonds. The number of carbonyl (C=O) groups is 1. The smallest absolute Gasteiger partial charge is 0.350 e. The van der Waals surface area contributed by atoms with Crippen LogP contribution in [-0.4, -0.2) is 77.2 Å². The molecule has 6 rings (SSSR count). The van der Waals surface area contributed by atoms with E-state index in [1.807, 2.05) is 18.7 Å². The minimum absolute atomic E-state index is 0.0907. The van der Waals surface area contributed by atoms with Crippen molar-refractivity contribution in [1.82, 2.24) is 19.4 Å².